The van der Waals surface area contributed by atoms with E-state index in [4.69, 9.17) is 0 Å². The van der Waals surface area contributed by atoms with Crippen molar-refractivity contribution in [1.29, 1.82) is 0 Å². The molecule has 2 rings (SSSR count). The maximum atomic E-state index is 13.8. The summed E-state index contributed by atoms with van der Waals surface area (Å²) in [6.45, 7) is 0. The summed E-state index contributed by atoms with van der Waals surface area (Å²) in [5.41, 5.74) is -1.62. The standard InChI is InChI=1S/C12H12F2N2O3/c1-15(8-3-2-4-8)12(17)9-5-7(13)6-10(11(9)14)16(18)19/h5-6,8H,2-4H2,1H3. The Bertz CT molecular complexity index is 544. The summed E-state index contributed by atoms with van der Waals surface area (Å²) in [6.07, 6.45) is 2.59. The number of halogens is 2. The minimum atomic E-state index is -1.29. The van der Waals surface area contributed by atoms with Crippen LogP contribution >= 0.6 is 0 Å². The molecule has 0 heterocycles. The van der Waals surface area contributed by atoms with Crippen LogP contribution < -0.4 is 0 Å². The fourth-order valence-corrected chi connectivity index (χ4v) is 1.99. The minimum absolute atomic E-state index is 0.00535. The molecule has 0 radical (unpaired) electrons. The van der Waals surface area contributed by atoms with Crippen molar-refractivity contribution in [1.82, 2.24) is 4.90 Å². The second-order valence-corrected chi connectivity index (χ2v) is 4.54. The predicted octanol–water partition coefficient (Wildman–Crippen LogP) is 2.50. The Hall–Kier alpha value is -2.05. The zero-order valence-electron chi connectivity index (χ0n) is 10.2. The van der Waals surface area contributed by atoms with Crippen LogP contribution in [0.4, 0.5) is 14.5 Å². The molecule has 1 aliphatic carbocycles. The van der Waals surface area contributed by atoms with Crippen molar-refractivity contribution in [3.63, 3.8) is 0 Å². The summed E-state index contributed by atoms with van der Waals surface area (Å²) < 4.78 is 27.1. The number of nitrogens with zero attached hydrogens (tertiary/aromatic N) is 2. The number of rotatable bonds is 3. The Kier molecular flexibility index (Phi) is 3.46. The van der Waals surface area contributed by atoms with Gasteiger partial charge in [0.15, 0.2) is 0 Å². The maximum Gasteiger partial charge on any atom is 0.308 e. The lowest BCUT2D eigenvalue weighted by atomic mass is 9.91. The van der Waals surface area contributed by atoms with Crippen LogP contribution in [0.15, 0.2) is 12.1 Å². The lowest BCUT2D eigenvalue weighted by Gasteiger charge is -2.34. The summed E-state index contributed by atoms with van der Waals surface area (Å²) in [4.78, 5) is 22.9. The number of amides is 1. The van der Waals surface area contributed by atoms with E-state index >= 15 is 0 Å². The number of nitro benzene ring substituents is 1. The molecule has 1 amide bonds. The van der Waals surface area contributed by atoms with E-state index in [9.17, 15) is 23.7 Å². The van der Waals surface area contributed by atoms with Crippen LogP contribution in [0, 0.1) is 21.7 Å². The Morgan fingerprint density at radius 3 is 2.53 bits per heavy atom. The smallest absolute Gasteiger partial charge is 0.308 e. The first-order chi connectivity index (χ1) is 8.91. The molecule has 0 spiro atoms. The normalized spacial score (nSPS) is 14.9. The molecule has 5 nitrogen and oxygen atoms in total. The van der Waals surface area contributed by atoms with Crippen molar-refractivity contribution in [2.45, 2.75) is 25.3 Å². The number of carbonyl (C=O) groups excluding carboxylic acids is 1. The van der Waals surface area contributed by atoms with Gasteiger partial charge in [0, 0.05) is 13.1 Å². The average Bonchev–Trinajstić information content (AvgIpc) is 2.28. The van der Waals surface area contributed by atoms with Crippen molar-refractivity contribution in [3.05, 3.63) is 39.4 Å². The van der Waals surface area contributed by atoms with Crippen molar-refractivity contribution in [3.8, 4) is 0 Å². The van der Waals surface area contributed by atoms with Crippen molar-refractivity contribution in [2.24, 2.45) is 0 Å². The summed E-state index contributed by atoms with van der Waals surface area (Å²) >= 11 is 0. The van der Waals surface area contributed by atoms with Gasteiger partial charge in [-0.25, -0.2) is 4.39 Å². The lowest BCUT2D eigenvalue weighted by Crippen LogP contribution is -2.41. The second kappa shape index (κ2) is 4.91. The lowest BCUT2D eigenvalue weighted by molar-refractivity contribution is -0.387. The van der Waals surface area contributed by atoms with Gasteiger partial charge in [-0.05, 0) is 25.3 Å². The molecular weight excluding hydrogens is 258 g/mol. The molecule has 0 bridgehead atoms. The molecule has 1 saturated carbocycles. The van der Waals surface area contributed by atoms with Gasteiger partial charge >= 0.3 is 5.69 Å². The molecule has 1 aromatic rings. The summed E-state index contributed by atoms with van der Waals surface area (Å²) in [6, 6.07) is 1.16. The number of hydrogen-bond donors (Lipinski definition) is 0. The molecule has 1 aliphatic rings. The van der Waals surface area contributed by atoms with Gasteiger partial charge in [0.25, 0.3) is 5.91 Å². The highest BCUT2D eigenvalue weighted by molar-refractivity contribution is 5.95. The third kappa shape index (κ3) is 2.40. The monoisotopic (exact) mass is 270 g/mol. The van der Waals surface area contributed by atoms with Crippen LogP contribution in [0.2, 0.25) is 0 Å². The molecule has 1 fully saturated rings. The van der Waals surface area contributed by atoms with Crippen molar-refractivity contribution < 1.29 is 18.5 Å². The van der Waals surface area contributed by atoms with Gasteiger partial charge in [-0.3, -0.25) is 14.9 Å². The van der Waals surface area contributed by atoms with Crippen LogP contribution in [0.3, 0.4) is 0 Å². The number of benzene rings is 1. The fourth-order valence-electron chi connectivity index (χ4n) is 1.99. The molecule has 0 saturated heterocycles. The summed E-state index contributed by atoms with van der Waals surface area (Å²) in [5.74, 6) is -3.02. The van der Waals surface area contributed by atoms with E-state index in [-0.39, 0.29) is 6.04 Å². The van der Waals surface area contributed by atoms with E-state index in [1.165, 1.54) is 11.9 Å². The topological polar surface area (TPSA) is 63.5 Å². The summed E-state index contributed by atoms with van der Waals surface area (Å²) in [5, 5.41) is 10.6. The average molecular weight is 270 g/mol. The highest BCUT2D eigenvalue weighted by Gasteiger charge is 2.31. The van der Waals surface area contributed by atoms with Gasteiger partial charge < -0.3 is 4.90 Å². The highest BCUT2D eigenvalue weighted by Crippen LogP contribution is 2.28. The van der Waals surface area contributed by atoms with Gasteiger partial charge in [-0.15, -0.1) is 0 Å². The third-order valence-electron chi connectivity index (χ3n) is 3.39. The molecule has 0 aliphatic heterocycles. The molecule has 102 valence electrons. The van der Waals surface area contributed by atoms with Crippen LogP contribution in [-0.2, 0) is 0 Å². The zero-order valence-corrected chi connectivity index (χ0v) is 10.2. The Labute approximate surface area is 108 Å². The van der Waals surface area contributed by atoms with Crippen molar-refractivity contribution in [2.75, 3.05) is 7.05 Å². The van der Waals surface area contributed by atoms with E-state index in [1.54, 1.807) is 0 Å². The van der Waals surface area contributed by atoms with Crippen LogP contribution in [0.1, 0.15) is 29.6 Å². The first-order valence-electron chi connectivity index (χ1n) is 5.82. The molecule has 1 aromatic carbocycles. The van der Waals surface area contributed by atoms with Crippen molar-refractivity contribution >= 4 is 11.6 Å². The van der Waals surface area contributed by atoms with Gasteiger partial charge in [-0.2, -0.15) is 4.39 Å². The molecule has 7 heteroatoms. The SMILES string of the molecule is CN(C(=O)c1cc(F)cc([N+](=O)[O-])c1F)C1CCC1. The molecular formula is C12H12F2N2O3. The van der Waals surface area contributed by atoms with E-state index < -0.39 is 33.7 Å². The van der Waals surface area contributed by atoms with Gasteiger partial charge in [0.05, 0.1) is 16.6 Å². The Morgan fingerprint density at radius 1 is 1.42 bits per heavy atom. The van der Waals surface area contributed by atoms with Crippen LogP contribution in [0.25, 0.3) is 0 Å². The number of nitro groups is 1. The van der Waals surface area contributed by atoms with E-state index in [0.29, 0.717) is 12.1 Å². The van der Waals surface area contributed by atoms with E-state index in [1.807, 2.05) is 0 Å². The molecule has 0 aromatic heterocycles. The first-order valence-corrected chi connectivity index (χ1v) is 5.82. The summed E-state index contributed by atoms with van der Waals surface area (Å²) in [7, 11) is 1.49. The van der Waals surface area contributed by atoms with Gasteiger partial charge in [0.1, 0.15) is 5.82 Å². The molecule has 0 N–H and O–H groups in total. The van der Waals surface area contributed by atoms with Crippen LogP contribution in [-0.4, -0.2) is 28.8 Å². The van der Waals surface area contributed by atoms with Gasteiger partial charge in [-0.1, -0.05) is 0 Å². The van der Waals surface area contributed by atoms with E-state index in [2.05, 4.69) is 0 Å². The minimum Gasteiger partial charge on any atom is -0.339 e. The number of carbonyl (C=O) groups is 1. The zero-order chi connectivity index (χ0) is 14.2. The first kappa shape index (κ1) is 13.4. The molecule has 19 heavy (non-hydrogen) atoms. The Morgan fingerprint density at radius 2 is 2.05 bits per heavy atom. The second-order valence-electron chi connectivity index (χ2n) is 4.54. The highest BCUT2D eigenvalue weighted by atomic mass is 19.1. The quantitative estimate of drug-likeness (QED) is 0.626. The van der Waals surface area contributed by atoms with E-state index in [0.717, 1.165) is 19.3 Å². The third-order valence-corrected chi connectivity index (χ3v) is 3.39. The largest absolute Gasteiger partial charge is 0.339 e. The van der Waals surface area contributed by atoms with Gasteiger partial charge in [0.2, 0.25) is 5.82 Å². The molecule has 0 atom stereocenters. The fraction of sp³-hybridized carbons (Fsp3) is 0.417. The predicted molar refractivity (Wildman–Crippen MR) is 62.7 cm³/mol. The maximum absolute atomic E-state index is 13.8. The Balaban J connectivity index is 2.38. The number of hydrogen-bond acceptors (Lipinski definition) is 3. The van der Waals surface area contributed by atoms with Crippen LogP contribution in [0.5, 0.6) is 0 Å². The molecule has 0 unspecified atom stereocenters.